The smallest absolute Gasteiger partial charge is 0.790 e. The quantitative estimate of drug-likeness (QED) is 0.124. The van der Waals surface area contributed by atoms with Gasteiger partial charge in [0.2, 0.25) is 0 Å². The number of nitrogens with zero attached hydrogens (tertiary/aromatic N) is 1. The van der Waals surface area contributed by atoms with Crippen molar-refractivity contribution in [3.63, 3.8) is 0 Å². The molecule has 0 aromatic rings. The Bertz CT molecular complexity index is 347. The van der Waals surface area contributed by atoms with Gasteiger partial charge >= 0.3 is 59.1 Å². The second-order valence-electron chi connectivity index (χ2n) is 6.72. The van der Waals surface area contributed by atoms with Crippen LogP contribution in [0.5, 0.6) is 0 Å². The van der Waals surface area contributed by atoms with E-state index in [1.165, 1.54) is 63.2 Å². The summed E-state index contributed by atoms with van der Waals surface area (Å²) in [5, 5.41) is 9.97. The molecule has 0 spiro atoms. The van der Waals surface area contributed by atoms with Crippen LogP contribution in [-0.2, 0) is 9.09 Å². The van der Waals surface area contributed by atoms with E-state index in [1.54, 1.807) is 7.05 Å². The molecule has 0 aromatic carbocycles. The van der Waals surface area contributed by atoms with E-state index < -0.39 is 20.2 Å². The zero-order chi connectivity index (χ0) is 18.4. The Morgan fingerprint density at radius 1 is 0.962 bits per heavy atom. The Morgan fingerprint density at radius 2 is 1.38 bits per heavy atom. The summed E-state index contributed by atoms with van der Waals surface area (Å²) in [6.45, 7) is 4.00. The molecule has 0 aromatic heterocycles. The van der Waals surface area contributed by atoms with E-state index in [9.17, 15) is 19.5 Å². The fourth-order valence-electron chi connectivity index (χ4n) is 2.71. The summed E-state index contributed by atoms with van der Waals surface area (Å²) in [4.78, 5) is 22.7. The molecule has 146 valence electrons. The first kappa shape index (κ1) is 32.7. The molecule has 0 saturated heterocycles. The van der Waals surface area contributed by atoms with Crippen molar-refractivity contribution in [2.45, 2.75) is 96.8 Å². The van der Waals surface area contributed by atoms with Gasteiger partial charge in [-0.1, -0.05) is 71.1 Å². The van der Waals surface area contributed by atoms with E-state index in [2.05, 4.69) is 11.4 Å². The number of unbranched alkanes of at least 4 members (excludes halogenated alkanes) is 9. The summed E-state index contributed by atoms with van der Waals surface area (Å²) in [5.41, 5.74) is 0. The maximum Gasteiger partial charge on any atom is 1.00 e. The van der Waals surface area contributed by atoms with Crippen LogP contribution in [-0.4, -0.2) is 35.9 Å². The number of hydrogen-bond acceptors (Lipinski definition) is 6. The molecule has 0 rings (SSSR count). The van der Waals surface area contributed by atoms with Crippen LogP contribution in [0.2, 0.25) is 0 Å². The van der Waals surface area contributed by atoms with E-state index >= 15 is 0 Å². The monoisotopic (exact) mass is 411 g/mol. The zero-order valence-corrected chi connectivity index (χ0v) is 22.5. The van der Waals surface area contributed by atoms with Gasteiger partial charge in [-0.2, -0.15) is 0 Å². The van der Waals surface area contributed by atoms with Crippen molar-refractivity contribution in [1.29, 1.82) is 0 Å². The summed E-state index contributed by atoms with van der Waals surface area (Å²) in [6.07, 6.45) is 11.8. The molecule has 0 radical (unpaired) electrons. The summed E-state index contributed by atoms with van der Waals surface area (Å²) in [7, 11) is -3.36. The Morgan fingerprint density at radius 3 is 1.81 bits per heavy atom. The van der Waals surface area contributed by atoms with Gasteiger partial charge in [0.05, 0.1) is 13.9 Å². The number of phosphoric acid groups is 1. The molecule has 0 fully saturated rings. The van der Waals surface area contributed by atoms with Crippen LogP contribution >= 0.6 is 7.82 Å². The predicted molar refractivity (Wildman–Crippen MR) is 93.3 cm³/mol. The van der Waals surface area contributed by atoms with Crippen LogP contribution < -0.4 is 68.9 Å². The van der Waals surface area contributed by atoms with E-state index in [1.807, 2.05) is 0 Å². The first-order chi connectivity index (χ1) is 11.3. The Hall–Kier alpha value is 2.03. The Balaban J connectivity index is -0.00000264. The van der Waals surface area contributed by atoms with Gasteiger partial charge in [0, 0.05) is 6.54 Å². The average Bonchev–Trinajstić information content (AvgIpc) is 2.47. The molecular weight excluding hydrogens is 375 g/mol. The molecule has 26 heavy (non-hydrogen) atoms. The molecule has 2 atom stereocenters. The molecule has 0 bridgehead atoms. The first-order valence-corrected chi connectivity index (χ1v) is 10.8. The topological polar surface area (TPSA) is 95.9 Å². The van der Waals surface area contributed by atoms with E-state index in [0.717, 1.165) is 12.8 Å². The number of hydrogen-bond donors (Lipinski definition) is 1. The van der Waals surface area contributed by atoms with E-state index in [0.29, 0.717) is 13.0 Å². The molecule has 0 aliphatic carbocycles. The van der Waals surface area contributed by atoms with Crippen molar-refractivity contribution >= 4 is 7.82 Å². The van der Waals surface area contributed by atoms with Crippen molar-refractivity contribution in [2.75, 3.05) is 13.6 Å². The van der Waals surface area contributed by atoms with Crippen LogP contribution in [0.25, 0.3) is 0 Å². The minimum atomic E-state index is -4.99. The van der Waals surface area contributed by atoms with Gasteiger partial charge in [0.1, 0.15) is 6.23 Å². The third-order valence-corrected chi connectivity index (χ3v) is 4.86. The van der Waals surface area contributed by atoms with Gasteiger partial charge in [-0.25, -0.2) is 0 Å². The second kappa shape index (κ2) is 20.3. The van der Waals surface area contributed by atoms with Gasteiger partial charge in [0.25, 0.3) is 0 Å². The minimum Gasteiger partial charge on any atom is -0.790 e. The summed E-state index contributed by atoms with van der Waals surface area (Å²) in [6, 6.07) is 0. The van der Waals surface area contributed by atoms with Crippen LogP contribution in [0.15, 0.2) is 0 Å². The molecule has 0 saturated carbocycles. The van der Waals surface area contributed by atoms with Crippen molar-refractivity contribution < 1.29 is 83.1 Å². The number of phosphoric ester groups is 1. The summed E-state index contributed by atoms with van der Waals surface area (Å²) in [5.74, 6) is 0. The van der Waals surface area contributed by atoms with Crippen LogP contribution in [0.4, 0.5) is 0 Å². The van der Waals surface area contributed by atoms with Crippen LogP contribution in [0.1, 0.15) is 84.5 Å². The Labute approximate surface area is 204 Å². The molecule has 9 heteroatoms. The maximum atomic E-state index is 10.6. The van der Waals surface area contributed by atoms with Gasteiger partial charge in [0.15, 0.2) is 0 Å². The molecule has 0 aliphatic rings. The maximum absolute atomic E-state index is 10.6. The minimum absolute atomic E-state index is 0. The Kier molecular flexibility index (Phi) is 25.5. The summed E-state index contributed by atoms with van der Waals surface area (Å²) >= 11 is 0. The predicted octanol–water partition coefficient (Wildman–Crippen LogP) is -3.21. The number of likely N-dealkylation sites (N-methyl/N-ethyl adjacent to an activating group) is 1. The standard InChI is InChI=1S/C17H38NO5P.2Na/c1-4-5-6-7-8-9-10-11-12-13-14-17(19)15-18(3)16(2)23-24(20,21)22;;/h16-17,19H,4-15H2,1-3H3,(H2,20,21,22);;/q;2*+1/p-2. The molecule has 1 N–H and O–H groups in total. The van der Waals surface area contributed by atoms with Crippen molar-refractivity contribution in [2.24, 2.45) is 0 Å². The largest absolute Gasteiger partial charge is 1.00 e. The van der Waals surface area contributed by atoms with Crippen molar-refractivity contribution in [3.05, 3.63) is 0 Å². The molecule has 0 aliphatic heterocycles. The van der Waals surface area contributed by atoms with E-state index in [-0.39, 0.29) is 59.1 Å². The van der Waals surface area contributed by atoms with Crippen LogP contribution in [0.3, 0.4) is 0 Å². The number of aliphatic hydroxyl groups is 1. The molecular formula is C17H36NNa2O5P. The fourth-order valence-corrected chi connectivity index (χ4v) is 3.24. The van der Waals surface area contributed by atoms with Crippen molar-refractivity contribution in [3.8, 4) is 0 Å². The van der Waals surface area contributed by atoms with Gasteiger partial charge in [-0.05, 0) is 20.4 Å². The molecule has 2 unspecified atom stereocenters. The SMILES string of the molecule is CCCCCCCCCCCCC(O)CN(C)C(C)OP(=O)([O-])[O-].[Na+].[Na+]. The van der Waals surface area contributed by atoms with Gasteiger partial charge in [-0.15, -0.1) is 0 Å². The normalized spacial score (nSPS) is 13.8. The molecule has 0 amide bonds. The van der Waals surface area contributed by atoms with Crippen LogP contribution in [0, 0.1) is 0 Å². The second-order valence-corrected chi connectivity index (χ2v) is 7.82. The van der Waals surface area contributed by atoms with E-state index in [4.69, 9.17) is 0 Å². The third kappa shape index (κ3) is 22.3. The number of rotatable bonds is 16. The average molecular weight is 411 g/mol. The van der Waals surface area contributed by atoms with Crippen molar-refractivity contribution in [1.82, 2.24) is 4.90 Å². The van der Waals surface area contributed by atoms with Gasteiger partial charge in [-0.3, -0.25) is 4.90 Å². The fraction of sp³-hybridized carbons (Fsp3) is 1.00. The van der Waals surface area contributed by atoms with Gasteiger partial charge < -0.3 is 24.0 Å². The first-order valence-electron chi connectivity index (χ1n) is 9.35. The summed E-state index contributed by atoms with van der Waals surface area (Å²) < 4.78 is 14.9. The number of aliphatic hydroxyl groups excluding tert-OH is 1. The third-order valence-electron chi connectivity index (χ3n) is 4.29. The molecule has 0 heterocycles. The molecule has 6 nitrogen and oxygen atoms in total. The zero-order valence-electron chi connectivity index (χ0n) is 17.6.